The fourth-order valence-corrected chi connectivity index (χ4v) is 4.19. The Hall–Kier alpha value is -2.60. The van der Waals surface area contributed by atoms with Crippen LogP contribution in [0.2, 0.25) is 0 Å². The zero-order valence-corrected chi connectivity index (χ0v) is 14.6. The lowest BCUT2D eigenvalue weighted by Gasteiger charge is -2.22. The highest BCUT2D eigenvalue weighted by atomic mass is 32.2. The average molecular weight is 396 g/mol. The van der Waals surface area contributed by atoms with Crippen LogP contribution in [0.5, 0.6) is 0 Å². The number of rotatable bonds is 4. The van der Waals surface area contributed by atoms with Gasteiger partial charge in [-0.2, -0.15) is 16.8 Å². The molecule has 0 bridgehead atoms. The molecule has 1 heterocycles. The highest BCUT2D eigenvalue weighted by molar-refractivity contribution is 7.95. The highest BCUT2D eigenvalue weighted by Gasteiger charge is 2.34. The van der Waals surface area contributed by atoms with Crippen molar-refractivity contribution in [1.82, 2.24) is 4.98 Å². The molecule has 0 saturated heterocycles. The van der Waals surface area contributed by atoms with Crippen LogP contribution in [0.4, 0.5) is 0 Å². The lowest BCUT2D eigenvalue weighted by Crippen LogP contribution is -2.22. The zero-order valence-electron chi connectivity index (χ0n) is 12.9. The minimum absolute atomic E-state index is 0.0352. The van der Waals surface area contributed by atoms with E-state index in [2.05, 4.69) is 4.98 Å². The summed E-state index contributed by atoms with van der Waals surface area (Å²) in [6.07, 6.45) is 1.07. The SMILES string of the molecule is N=C1CC(C(=O)c2ccc[nH]2)=C(S(=O)(=O)O)c2cc(S(=O)(=O)O)ccc21. The molecule has 0 unspecified atom stereocenters. The summed E-state index contributed by atoms with van der Waals surface area (Å²) < 4.78 is 65.5. The maximum Gasteiger partial charge on any atom is 0.295 e. The lowest BCUT2D eigenvalue weighted by molar-refractivity contribution is 0.102. The molecule has 4 N–H and O–H groups in total. The van der Waals surface area contributed by atoms with Gasteiger partial charge >= 0.3 is 0 Å². The molecule has 1 aromatic heterocycles. The van der Waals surface area contributed by atoms with Crippen molar-refractivity contribution in [2.24, 2.45) is 0 Å². The quantitative estimate of drug-likeness (QED) is 0.449. The van der Waals surface area contributed by atoms with Gasteiger partial charge in [0.25, 0.3) is 20.2 Å². The van der Waals surface area contributed by atoms with Crippen molar-refractivity contribution >= 4 is 36.6 Å². The first kappa shape index (κ1) is 18.2. The van der Waals surface area contributed by atoms with Crippen molar-refractivity contribution in [3.05, 3.63) is 58.9 Å². The number of hydrogen-bond donors (Lipinski definition) is 4. The number of fused-ring (bicyclic) bond motifs is 1. The Kier molecular flexibility index (Phi) is 4.19. The highest BCUT2D eigenvalue weighted by Crippen LogP contribution is 2.37. The molecular formula is C15H12N2O7S2. The van der Waals surface area contributed by atoms with Crippen LogP contribution in [0.25, 0.3) is 4.91 Å². The predicted molar refractivity (Wildman–Crippen MR) is 91.3 cm³/mol. The molecule has 3 rings (SSSR count). The number of H-pyrrole nitrogens is 1. The normalized spacial score (nSPS) is 15.1. The molecule has 0 aliphatic heterocycles. The van der Waals surface area contributed by atoms with E-state index in [1.165, 1.54) is 18.3 Å². The number of Topliss-reactive ketones (excluding diaryl/α,β-unsaturated/α-hetero) is 1. The summed E-state index contributed by atoms with van der Waals surface area (Å²) in [5, 5.41) is 8.06. The van der Waals surface area contributed by atoms with Crippen LogP contribution in [-0.4, -0.2) is 42.4 Å². The predicted octanol–water partition coefficient (Wildman–Crippen LogP) is 1.51. The van der Waals surface area contributed by atoms with E-state index in [1.54, 1.807) is 0 Å². The molecule has 9 nitrogen and oxygen atoms in total. The Morgan fingerprint density at radius 1 is 1.04 bits per heavy atom. The van der Waals surface area contributed by atoms with E-state index in [0.29, 0.717) is 0 Å². The third-order valence-corrected chi connectivity index (χ3v) is 5.69. The summed E-state index contributed by atoms with van der Waals surface area (Å²) >= 11 is 0. The van der Waals surface area contributed by atoms with Gasteiger partial charge in [-0.25, -0.2) is 0 Å². The van der Waals surface area contributed by atoms with Crippen molar-refractivity contribution in [3.8, 4) is 0 Å². The van der Waals surface area contributed by atoms with Crippen molar-refractivity contribution in [3.63, 3.8) is 0 Å². The van der Waals surface area contributed by atoms with E-state index in [4.69, 9.17) is 5.41 Å². The number of aromatic amines is 1. The van der Waals surface area contributed by atoms with Gasteiger partial charge < -0.3 is 10.4 Å². The molecule has 0 radical (unpaired) electrons. The second-order valence-electron chi connectivity index (χ2n) is 5.53. The number of hydrogen-bond acceptors (Lipinski definition) is 6. The van der Waals surface area contributed by atoms with E-state index in [1.807, 2.05) is 0 Å². The summed E-state index contributed by atoms with van der Waals surface area (Å²) in [7, 11) is -9.60. The first-order chi connectivity index (χ1) is 12.0. The fraction of sp³-hybridized carbons (Fsp3) is 0.0667. The van der Waals surface area contributed by atoms with Gasteiger partial charge in [0.15, 0.2) is 0 Å². The summed E-state index contributed by atoms with van der Waals surface area (Å²) in [5.74, 6) is -0.754. The molecule has 0 amide bonds. The Balaban J connectivity index is 2.37. The summed E-state index contributed by atoms with van der Waals surface area (Å²) in [6, 6.07) is 5.86. The third-order valence-electron chi connectivity index (χ3n) is 3.86. The topological polar surface area (TPSA) is 165 Å². The van der Waals surface area contributed by atoms with Crippen molar-refractivity contribution in [2.75, 3.05) is 0 Å². The van der Waals surface area contributed by atoms with Crippen molar-refractivity contribution in [2.45, 2.75) is 11.3 Å². The van der Waals surface area contributed by atoms with Gasteiger partial charge in [0.1, 0.15) is 4.91 Å². The second-order valence-corrected chi connectivity index (χ2v) is 8.31. The Morgan fingerprint density at radius 3 is 2.27 bits per heavy atom. The number of ketones is 1. The first-order valence-electron chi connectivity index (χ1n) is 7.08. The smallest absolute Gasteiger partial charge is 0.295 e. The number of allylic oxidation sites excluding steroid dienone is 1. The number of nitrogens with one attached hydrogen (secondary N) is 2. The van der Waals surface area contributed by atoms with Gasteiger partial charge in [-0.1, -0.05) is 6.07 Å². The molecule has 1 aliphatic carbocycles. The van der Waals surface area contributed by atoms with E-state index in [-0.39, 0.29) is 34.5 Å². The van der Waals surface area contributed by atoms with Gasteiger partial charge in [0.2, 0.25) is 5.78 Å². The van der Waals surface area contributed by atoms with Crippen LogP contribution in [-0.2, 0) is 20.2 Å². The number of carbonyl (C=O) groups excluding carboxylic acids is 1. The van der Waals surface area contributed by atoms with Gasteiger partial charge in [-0.05, 0) is 24.3 Å². The minimum atomic E-state index is -4.94. The van der Waals surface area contributed by atoms with Crippen molar-refractivity contribution < 1.29 is 30.7 Å². The fourth-order valence-electron chi connectivity index (χ4n) is 2.76. The molecular weight excluding hydrogens is 384 g/mol. The molecule has 136 valence electrons. The molecule has 1 aromatic carbocycles. The standard InChI is InChI=1S/C15H12N2O7S2/c16-12-7-11(14(18)13-2-1-5-17-13)15(26(22,23)24)10-6-8(25(19,20)21)3-4-9(10)12/h1-6,16-17H,7H2,(H,19,20,21)(H,22,23,24). The minimum Gasteiger partial charge on any atom is -0.359 e. The van der Waals surface area contributed by atoms with E-state index < -0.39 is 35.8 Å². The summed E-state index contributed by atoms with van der Waals surface area (Å²) in [4.78, 5) is 13.8. The third kappa shape index (κ3) is 3.12. The largest absolute Gasteiger partial charge is 0.359 e. The maximum atomic E-state index is 12.6. The monoisotopic (exact) mass is 396 g/mol. The Labute approximate surface area is 148 Å². The first-order valence-corrected chi connectivity index (χ1v) is 9.96. The average Bonchev–Trinajstić information content (AvgIpc) is 3.05. The van der Waals surface area contributed by atoms with Gasteiger partial charge in [0.05, 0.1) is 10.6 Å². The summed E-state index contributed by atoms with van der Waals surface area (Å²) in [5.41, 5.74) is -0.769. The molecule has 11 heteroatoms. The van der Waals surface area contributed by atoms with E-state index in [9.17, 15) is 30.7 Å². The van der Waals surface area contributed by atoms with Gasteiger partial charge in [-0.3, -0.25) is 13.9 Å². The van der Waals surface area contributed by atoms with Crippen LogP contribution < -0.4 is 0 Å². The van der Waals surface area contributed by atoms with Crippen molar-refractivity contribution in [1.29, 1.82) is 5.41 Å². The van der Waals surface area contributed by atoms with Crippen LogP contribution >= 0.6 is 0 Å². The molecule has 1 aliphatic rings. The summed E-state index contributed by atoms with van der Waals surface area (Å²) in [6.45, 7) is 0. The maximum absolute atomic E-state index is 12.6. The molecule has 0 atom stereocenters. The lowest BCUT2D eigenvalue weighted by atomic mass is 9.88. The molecule has 0 fully saturated rings. The Bertz CT molecular complexity index is 1170. The van der Waals surface area contributed by atoms with Crippen LogP contribution in [0.1, 0.15) is 28.0 Å². The molecule has 2 aromatic rings. The van der Waals surface area contributed by atoms with Crippen LogP contribution in [0.15, 0.2) is 47.0 Å². The van der Waals surface area contributed by atoms with E-state index >= 15 is 0 Å². The van der Waals surface area contributed by atoms with Gasteiger partial charge in [0, 0.05) is 35.0 Å². The van der Waals surface area contributed by atoms with E-state index in [0.717, 1.165) is 18.2 Å². The molecule has 0 spiro atoms. The van der Waals surface area contributed by atoms with Crippen LogP contribution in [0.3, 0.4) is 0 Å². The second kappa shape index (κ2) is 5.99. The zero-order chi connectivity index (χ0) is 19.3. The number of benzene rings is 1. The van der Waals surface area contributed by atoms with Crippen LogP contribution in [0, 0.1) is 5.41 Å². The molecule has 0 saturated carbocycles. The Morgan fingerprint density at radius 2 is 1.73 bits per heavy atom. The molecule has 26 heavy (non-hydrogen) atoms. The van der Waals surface area contributed by atoms with Gasteiger partial charge in [-0.15, -0.1) is 0 Å². The number of carbonyl (C=O) groups is 1. The number of aromatic nitrogens is 1.